The molecule has 3 heterocycles. The zero-order valence-electron chi connectivity index (χ0n) is 30.9. The molecule has 54 heavy (non-hydrogen) atoms. The summed E-state index contributed by atoms with van der Waals surface area (Å²) in [6, 6.07) is 41.3. The topological polar surface area (TPSA) is 74.4 Å². The van der Waals surface area contributed by atoms with E-state index < -0.39 is 5.60 Å². The van der Waals surface area contributed by atoms with Crippen molar-refractivity contribution in [1.82, 2.24) is 24.0 Å². The second-order valence-electron chi connectivity index (χ2n) is 15.0. The van der Waals surface area contributed by atoms with Crippen LogP contribution in [-0.2, 0) is 11.3 Å². The van der Waals surface area contributed by atoms with Crippen molar-refractivity contribution >= 4 is 28.2 Å². The smallest absolute Gasteiger partial charge is 0.410 e. The van der Waals surface area contributed by atoms with E-state index in [0.717, 1.165) is 69.0 Å². The van der Waals surface area contributed by atoms with Gasteiger partial charge in [-0.2, -0.15) is 0 Å². The van der Waals surface area contributed by atoms with E-state index in [0.29, 0.717) is 26.2 Å². The van der Waals surface area contributed by atoms with Crippen molar-refractivity contribution in [2.75, 3.05) is 19.7 Å². The highest BCUT2D eigenvalue weighted by Gasteiger charge is 2.34. The third-order valence-corrected chi connectivity index (χ3v) is 10.1. The molecule has 1 amide bonds. The number of para-hydroxylation sites is 4. The molecule has 1 saturated heterocycles. The van der Waals surface area contributed by atoms with Crippen molar-refractivity contribution in [2.24, 2.45) is 5.92 Å². The number of imidazole rings is 2. The van der Waals surface area contributed by atoms with E-state index in [4.69, 9.17) is 19.4 Å². The van der Waals surface area contributed by atoms with Crippen LogP contribution in [0.2, 0.25) is 0 Å². The van der Waals surface area contributed by atoms with Gasteiger partial charge in [-0.25, -0.2) is 19.2 Å². The Morgan fingerprint density at radius 1 is 0.741 bits per heavy atom. The molecule has 0 spiro atoms. The molecule has 0 radical (unpaired) electrons. The number of benzene rings is 5. The fourth-order valence-corrected chi connectivity index (χ4v) is 7.50. The number of aromatic nitrogens is 4. The zero-order valence-corrected chi connectivity index (χ0v) is 30.9. The van der Waals surface area contributed by atoms with Gasteiger partial charge in [-0.3, -0.25) is 0 Å². The number of halogens is 1. The number of carbonyl (C=O) groups excluding carboxylic acids is 1. The number of piperidine rings is 1. The standard InChI is InChI=1S/C45H44FN5O3/c1-45(2,3)54-44(52)49-27-25-32(26-28-49)41(51-40-16-10-8-14-38(40)48-43(51)33-11-5-4-6-12-33)30-53-36-23-19-34(20-24-36)42-47-37-13-7-9-15-39(37)50(42)29-31-17-21-35(46)22-18-31/h4-24,32,41H,25-30H2,1-3H3. The van der Waals surface area contributed by atoms with Gasteiger partial charge in [-0.1, -0.05) is 66.7 Å². The fraction of sp³-hybridized carbons (Fsp3) is 0.267. The second kappa shape index (κ2) is 14.8. The first-order chi connectivity index (χ1) is 26.2. The summed E-state index contributed by atoms with van der Waals surface area (Å²) < 4.78 is 30.6. The van der Waals surface area contributed by atoms with Crippen molar-refractivity contribution in [3.8, 4) is 28.5 Å². The Hall–Kier alpha value is -5.96. The Balaban J connectivity index is 1.09. The Kier molecular flexibility index (Phi) is 9.63. The average molecular weight is 722 g/mol. The normalized spacial score (nSPS) is 14.4. The average Bonchev–Trinajstić information content (AvgIpc) is 3.75. The van der Waals surface area contributed by atoms with Crippen molar-refractivity contribution in [3.05, 3.63) is 139 Å². The van der Waals surface area contributed by atoms with Gasteiger partial charge in [-0.05, 0) is 106 Å². The first-order valence-corrected chi connectivity index (χ1v) is 18.6. The van der Waals surface area contributed by atoms with Crippen LogP contribution in [0, 0.1) is 11.7 Å². The molecule has 0 saturated carbocycles. The van der Waals surface area contributed by atoms with Crippen LogP contribution in [0.25, 0.3) is 44.8 Å². The van der Waals surface area contributed by atoms with Gasteiger partial charge in [-0.15, -0.1) is 0 Å². The third kappa shape index (κ3) is 7.44. The predicted molar refractivity (Wildman–Crippen MR) is 211 cm³/mol. The number of hydrogen-bond donors (Lipinski definition) is 0. The maximum Gasteiger partial charge on any atom is 0.410 e. The maximum absolute atomic E-state index is 13.7. The lowest BCUT2D eigenvalue weighted by Crippen LogP contribution is -2.43. The molecule has 1 aliphatic rings. The van der Waals surface area contributed by atoms with Crippen LogP contribution in [0.1, 0.15) is 45.2 Å². The number of amides is 1. The Morgan fingerprint density at radius 2 is 1.33 bits per heavy atom. The molecular formula is C45H44FN5O3. The van der Waals surface area contributed by atoms with E-state index in [1.165, 1.54) is 12.1 Å². The van der Waals surface area contributed by atoms with Gasteiger partial charge < -0.3 is 23.5 Å². The number of nitrogens with zero attached hydrogens (tertiary/aromatic N) is 5. The molecule has 0 aliphatic carbocycles. The van der Waals surface area contributed by atoms with Crippen molar-refractivity contribution in [2.45, 2.75) is 51.8 Å². The Labute approximate surface area is 314 Å². The number of carbonyl (C=O) groups is 1. The van der Waals surface area contributed by atoms with Crippen LogP contribution < -0.4 is 4.74 Å². The minimum Gasteiger partial charge on any atom is -0.491 e. The summed E-state index contributed by atoms with van der Waals surface area (Å²) in [5, 5.41) is 0. The van der Waals surface area contributed by atoms with E-state index in [2.05, 4.69) is 45.5 Å². The monoisotopic (exact) mass is 721 g/mol. The molecule has 0 N–H and O–H groups in total. The minimum atomic E-state index is -0.546. The van der Waals surface area contributed by atoms with Crippen LogP contribution in [-0.4, -0.2) is 55.4 Å². The molecule has 8 rings (SSSR count). The van der Waals surface area contributed by atoms with Crippen LogP contribution in [0.4, 0.5) is 9.18 Å². The number of rotatable bonds is 9. The quantitative estimate of drug-likeness (QED) is 0.148. The fourth-order valence-electron chi connectivity index (χ4n) is 7.50. The van der Waals surface area contributed by atoms with Gasteiger partial charge in [0.05, 0.1) is 28.1 Å². The number of hydrogen-bond acceptors (Lipinski definition) is 5. The SMILES string of the molecule is CC(C)(C)OC(=O)N1CCC(C(COc2ccc(-c3nc4ccccc4n3Cc3ccc(F)cc3)cc2)n2c(-c3ccccc3)nc3ccccc32)CC1. The molecule has 9 heteroatoms. The van der Waals surface area contributed by atoms with Crippen molar-refractivity contribution in [1.29, 1.82) is 0 Å². The summed E-state index contributed by atoms with van der Waals surface area (Å²) in [5.41, 5.74) is 6.34. The van der Waals surface area contributed by atoms with Crippen molar-refractivity contribution in [3.63, 3.8) is 0 Å². The molecule has 7 aromatic rings. The van der Waals surface area contributed by atoms with E-state index in [1.807, 2.05) is 105 Å². The molecule has 1 fully saturated rings. The van der Waals surface area contributed by atoms with Crippen LogP contribution in [0.3, 0.4) is 0 Å². The van der Waals surface area contributed by atoms with Gasteiger partial charge in [0, 0.05) is 30.8 Å². The van der Waals surface area contributed by atoms with Crippen LogP contribution >= 0.6 is 0 Å². The van der Waals surface area contributed by atoms with E-state index >= 15 is 0 Å². The first-order valence-electron chi connectivity index (χ1n) is 18.6. The largest absolute Gasteiger partial charge is 0.491 e. The highest BCUT2D eigenvalue weighted by Crippen LogP contribution is 2.37. The number of likely N-dealkylation sites (tertiary alicyclic amines) is 1. The lowest BCUT2D eigenvalue weighted by Gasteiger charge is -2.37. The van der Waals surface area contributed by atoms with Crippen molar-refractivity contribution < 1.29 is 18.7 Å². The molecule has 1 aliphatic heterocycles. The number of fused-ring (bicyclic) bond motifs is 2. The molecular weight excluding hydrogens is 678 g/mol. The summed E-state index contributed by atoms with van der Waals surface area (Å²) in [6.45, 7) is 7.89. The van der Waals surface area contributed by atoms with Gasteiger partial charge >= 0.3 is 6.09 Å². The predicted octanol–water partition coefficient (Wildman–Crippen LogP) is 10.2. The zero-order chi connectivity index (χ0) is 37.2. The summed E-state index contributed by atoms with van der Waals surface area (Å²) in [5.74, 6) is 2.45. The van der Waals surface area contributed by atoms with E-state index in [9.17, 15) is 9.18 Å². The molecule has 5 aromatic carbocycles. The summed E-state index contributed by atoms with van der Waals surface area (Å²) in [6.07, 6.45) is 1.34. The summed E-state index contributed by atoms with van der Waals surface area (Å²) in [4.78, 5) is 25.0. The maximum atomic E-state index is 13.7. The molecule has 1 atom stereocenters. The van der Waals surface area contributed by atoms with E-state index in [1.54, 1.807) is 0 Å². The van der Waals surface area contributed by atoms with Gasteiger partial charge in [0.15, 0.2) is 0 Å². The molecule has 1 unspecified atom stereocenters. The summed E-state index contributed by atoms with van der Waals surface area (Å²) >= 11 is 0. The summed E-state index contributed by atoms with van der Waals surface area (Å²) in [7, 11) is 0. The third-order valence-electron chi connectivity index (χ3n) is 10.1. The highest BCUT2D eigenvalue weighted by atomic mass is 19.1. The molecule has 0 bridgehead atoms. The molecule has 274 valence electrons. The number of ether oxygens (including phenoxy) is 2. The first kappa shape index (κ1) is 35.1. The Bertz CT molecular complexity index is 2370. The van der Waals surface area contributed by atoms with Gasteiger partial charge in [0.25, 0.3) is 0 Å². The lowest BCUT2D eigenvalue weighted by atomic mass is 9.89. The van der Waals surface area contributed by atoms with Gasteiger partial charge in [0.1, 0.15) is 35.4 Å². The highest BCUT2D eigenvalue weighted by molar-refractivity contribution is 5.82. The van der Waals surface area contributed by atoms with Gasteiger partial charge in [0.2, 0.25) is 0 Å². The molecule has 2 aromatic heterocycles. The molecule has 8 nitrogen and oxygen atoms in total. The van der Waals surface area contributed by atoms with Crippen LogP contribution in [0.15, 0.2) is 127 Å². The second-order valence-corrected chi connectivity index (χ2v) is 15.0. The lowest BCUT2D eigenvalue weighted by molar-refractivity contribution is 0.0151. The minimum absolute atomic E-state index is 0.0621. The van der Waals surface area contributed by atoms with Crippen LogP contribution in [0.5, 0.6) is 5.75 Å². The van der Waals surface area contributed by atoms with E-state index in [-0.39, 0.29) is 23.9 Å². The Morgan fingerprint density at radius 3 is 2.02 bits per heavy atom.